The summed E-state index contributed by atoms with van der Waals surface area (Å²) in [7, 11) is 0. The summed E-state index contributed by atoms with van der Waals surface area (Å²) in [6.45, 7) is 5.55. The van der Waals surface area contributed by atoms with Crippen molar-refractivity contribution in [1.29, 1.82) is 5.26 Å². The Bertz CT molecular complexity index is 1230. The minimum Gasteiger partial charge on any atom is -0.458 e. The van der Waals surface area contributed by atoms with Crippen LogP contribution < -0.4 is 0 Å². The zero-order chi connectivity index (χ0) is 26.8. The van der Waals surface area contributed by atoms with Crippen LogP contribution in [-0.2, 0) is 14.3 Å². The van der Waals surface area contributed by atoms with Crippen molar-refractivity contribution in [2.75, 3.05) is 17.3 Å². The van der Waals surface area contributed by atoms with Crippen molar-refractivity contribution in [3.8, 4) is 17.3 Å². The first-order valence-electron chi connectivity index (χ1n) is 12.5. The molecule has 0 bridgehead atoms. The Hall–Kier alpha value is -2.34. The number of hydrogen-bond donors (Lipinski definition) is 0. The van der Waals surface area contributed by atoms with E-state index < -0.39 is 5.60 Å². The number of aromatic nitrogens is 2. The number of carbonyl (C=O) groups excluding carboxylic acids is 1. The number of rotatable bonds is 6. The molecule has 0 unspecified atom stereocenters. The van der Waals surface area contributed by atoms with Crippen LogP contribution >= 0.6 is 31.9 Å². The molecule has 6 nitrogen and oxygen atoms in total. The second-order valence-corrected chi connectivity index (χ2v) is 11.5. The highest BCUT2D eigenvalue weighted by Crippen LogP contribution is 2.36. The van der Waals surface area contributed by atoms with E-state index in [1.807, 2.05) is 45.0 Å². The molecule has 0 saturated heterocycles. The SMILES string of the molecule is BrCCBr.CC(C)(C)OC(=O)COC1CCC(c2cc3cccnc3c(-c3cccc(C#N)c3)n2)CC1. The van der Waals surface area contributed by atoms with Gasteiger partial charge < -0.3 is 9.47 Å². The van der Waals surface area contributed by atoms with Gasteiger partial charge in [-0.15, -0.1) is 0 Å². The molecule has 1 aliphatic rings. The highest BCUT2D eigenvalue weighted by atomic mass is 79.9. The van der Waals surface area contributed by atoms with Crippen LogP contribution in [0.15, 0.2) is 48.7 Å². The van der Waals surface area contributed by atoms with Gasteiger partial charge in [-0.2, -0.15) is 5.26 Å². The van der Waals surface area contributed by atoms with Crippen LogP contribution in [-0.4, -0.2) is 44.9 Å². The van der Waals surface area contributed by atoms with E-state index in [0.29, 0.717) is 11.5 Å². The van der Waals surface area contributed by atoms with Crippen LogP contribution in [0, 0.1) is 11.3 Å². The number of halogens is 2. The maximum absolute atomic E-state index is 11.9. The van der Waals surface area contributed by atoms with Gasteiger partial charge in [0, 0.05) is 39.4 Å². The summed E-state index contributed by atoms with van der Waals surface area (Å²) in [6, 6.07) is 15.8. The Morgan fingerprint density at radius 1 is 1.08 bits per heavy atom. The summed E-state index contributed by atoms with van der Waals surface area (Å²) in [6.07, 6.45) is 5.46. The zero-order valence-electron chi connectivity index (χ0n) is 21.5. The molecule has 4 rings (SSSR count). The van der Waals surface area contributed by atoms with Crippen LogP contribution in [0.1, 0.15) is 63.6 Å². The lowest BCUT2D eigenvalue weighted by Crippen LogP contribution is -2.29. The molecule has 0 N–H and O–H groups in total. The predicted octanol–water partition coefficient (Wildman–Crippen LogP) is 7.33. The average molecular weight is 631 g/mol. The molecule has 37 heavy (non-hydrogen) atoms. The Labute approximate surface area is 236 Å². The maximum Gasteiger partial charge on any atom is 0.332 e. The molecule has 0 amide bonds. The first-order chi connectivity index (χ1) is 17.7. The second-order valence-electron chi connectivity index (χ2n) is 9.91. The standard InChI is InChI=1S/C27H29N3O3.C2H4Br2/c1-27(2,3)33-24(31)17-32-22-11-9-19(10-12-22)23-15-21-8-5-13-29-25(21)26(30-23)20-7-4-6-18(14-20)16-28;3-1-2-4/h4-8,13-15,19,22H,9-12,17H2,1-3H3;1-2H2. The van der Waals surface area contributed by atoms with Crippen molar-refractivity contribution in [2.45, 2.75) is 64.1 Å². The van der Waals surface area contributed by atoms with Crippen molar-refractivity contribution in [2.24, 2.45) is 0 Å². The van der Waals surface area contributed by atoms with Crippen LogP contribution in [0.3, 0.4) is 0 Å². The minimum atomic E-state index is -0.501. The Kier molecular flexibility index (Phi) is 11.0. The number of alkyl halides is 2. The molecule has 2 heterocycles. The summed E-state index contributed by atoms with van der Waals surface area (Å²) in [5.41, 5.74) is 3.69. The molecule has 0 aliphatic heterocycles. The van der Waals surface area contributed by atoms with Gasteiger partial charge in [0.2, 0.25) is 0 Å². The fourth-order valence-electron chi connectivity index (χ4n) is 4.33. The zero-order valence-corrected chi connectivity index (χ0v) is 24.7. The number of esters is 1. The number of fused-ring (bicyclic) bond motifs is 1. The molecule has 2 aromatic heterocycles. The molecule has 3 aromatic rings. The van der Waals surface area contributed by atoms with Gasteiger partial charge in [0.1, 0.15) is 12.2 Å². The number of ether oxygens (including phenoxy) is 2. The van der Waals surface area contributed by atoms with Gasteiger partial charge in [-0.25, -0.2) is 4.79 Å². The van der Waals surface area contributed by atoms with Gasteiger partial charge in [-0.3, -0.25) is 9.97 Å². The van der Waals surface area contributed by atoms with Gasteiger partial charge in [0.15, 0.2) is 0 Å². The number of benzene rings is 1. The minimum absolute atomic E-state index is 0.00806. The van der Waals surface area contributed by atoms with E-state index in [9.17, 15) is 10.1 Å². The van der Waals surface area contributed by atoms with Crippen molar-refractivity contribution >= 4 is 48.7 Å². The number of nitriles is 1. The molecule has 0 atom stereocenters. The van der Waals surface area contributed by atoms with E-state index >= 15 is 0 Å². The molecule has 196 valence electrons. The van der Waals surface area contributed by atoms with E-state index in [2.05, 4.69) is 55.0 Å². The molecular weight excluding hydrogens is 598 g/mol. The smallest absolute Gasteiger partial charge is 0.332 e. The Morgan fingerprint density at radius 3 is 2.46 bits per heavy atom. The van der Waals surface area contributed by atoms with Crippen LogP contribution in [0.4, 0.5) is 0 Å². The number of hydrogen-bond acceptors (Lipinski definition) is 6. The van der Waals surface area contributed by atoms with Gasteiger partial charge in [-0.1, -0.05) is 50.1 Å². The predicted molar refractivity (Wildman–Crippen MR) is 154 cm³/mol. The molecule has 1 saturated carbocycles. The Morgan fingerprint density at radius 2 is 1.81 bits per heavy atom. The van der Waals surface area contributed by atoms with Crippen LogP contribution in [0.5, 0.6) is 0 Å². The van der Waals surface area contributed by atoms with Crippen molar-refractivity contribution in [3.05, 3.63) is 59.9 Å². The van der Waals surface area contributed by atoms with E-state index in [0.717, 1.165) is 64.2 Å². The second kappa shape index (κ2) is 14.0. The normalized spacial score (nSPS) is 17.4. The fraction of sp³-hybridized carbons (Fsp3) is 0.448. The van der Waals surface area contributed by atoms with Crippen molar-refractivity contribution in [1.82, 2.24) is 9.97 Å². The maximum atomic E-state index is 11.9. The summed E-state index contributed by atoms with van der Waals surface area (Å²) < 4.78 is 11.2. The van der Waals surface area contributed by atoms with Gasteiger partial charge in [-0.05, 0) is 70.7 Å². The van der Waals surface area contributed by atoms with E-state index in [4.69, 9.17) is 14.5 Å². The third-order valence-corrected chi connectivity index (χ3v) is 7.75. The van der Waals surface area contributed by atoms with Crippen LogP contribution in [0.2, 0.25) is 0 Å². The molecule has 0 radical (unpaired) electrons. The van der Waals surface area contributed by atoms with E-state index in [-0.39, 0.29) is 18.7 Å². The summed E-state index contributed by atoms with van der Waals surface area (Å²) in [5, 5.41) is 12.5. The lowest BCUT2D eigenvalue weighted by molar-refractivity contribution is -0.162. The topological polar surface area (TPSA) is 85.1 Å². The monoisotopic (exact) mass is 629 g/mol. The molecule has 1 fully saturated rings. The third kappa shape index (κ3) is 8.87. The first-order valence-corrected chi connectivity index (χ1v) is 14.7. The first kappa shape index (κ1) is 29.2. The van der Waals surface area contributed by atoms with Crippen LogP contribution in [0.25, 0.3) is 22.2 Å². The molecule has 0 spiro atoms. The van der Waals surface area contributed by atoms with E-state index in [1.165, 1.54) is 0 Å². The number of pyridine rings is 2. The Balaban J connectivity index is 0.000000886. The summed E-state index contributed by atoms with van der Waals surface area (Å²) in [5.74, 6) is -0.00792. The molecule has 1 aromatic carbocycles. The quantitative estimate of drug-likeness (QED) is 0.209. The molecular formula is C29H33Br2N3O3. The lowest BCUT2D eigenvalue weighted by Gasteiger charge is -2.29. The summed E-state index contributed by atoms with van der Waals surface area (Å²) >= 11 is 6.40. The van der Waals surface area contributed by atoms with Gasteiger partial charge >= 0.3 is 5.97 Å². The fourth-order valence-corrected chi connectivity index (χ4v) is 4.33. The molecule has 8 heteroatoms. The van der Waals surface area contributed by atoms with Gasteiger partial charge in [0.05, 0.1) is 28.9 Å². The van der Waals surface area contributed by atoms with Crippen molar-refractivity contribution < 1.29 is 14.3 Å². The number of carbonyl (C=O) groups is 1. The lowest BCUT2D eigenvalue weighted by atomic mass is 9.84. The van der Waals surface area contributed by atoms with Crippen molar-refractivity contribution in [3.63, 3.8) is 0 Å². The highest BCUT2D eigenvalue weighted by molar-refractivity contribution is 9.11. The average Bonchev–Trinajstić information content (AvgIpc) is 2.90. The highest BCUT2D eigenvalue weighted by Gasteiger charge is 2.26. The third-order valence-electron chi connectivity index (χ3n) is 5.89. The largest absolute Gasteiger partial charge is 0.458 e. The van der Waals surface area contributed by atoms with Gasteiger partial charge in [0.25, 0.3) is 0 Å². The van der Waals surface area contributed by atoms with E-state index in [1.54, 1.807) is 12.3 Å². The summed E-state index contributed by atoms with van der Waals surface area (Å²) in [4.78, 5) is 21.5. The number of nitrogens with zero attached hydrogens (tertiary/aromatic N) is 3. The molecule has 1 aliphatic carbocycles.